The molecule has 130 valence electrons. The first-order valence-electron chi connectivity index (χ1n) is 7.88. The van der Waals surface area contributed by atoms with E-state index in [2.05, 4.69) is 10.3 Å². The molecule has 2 rings (SSSR count). The Bertz CT molecular complexity index is 729. The third kappa shape index (κ3) is 4.11. The molecule has 1 aromatic carbocycles. The van der Waals surface area contributed by atoms with Gasteiger partial charge in [0.25, 0.3) is 0 Å². The first-order valence-corrected chi connectivity index (χ1v) is 7.88. The molecule has 1 atom stereocenters. The minimum atomic E-state index is -0.738. The van der Waals surface area contributed by atoms with Gasteiger partial charge < -0.3 is 20.3 Å². The summed E-state index contributed by atoms with van der Waals surface area (Å²) in [6.45, 7) is 3.68. The number of H-pyrrole nitrogens is 1. The SMILES string of the molecule is CCN(CCO)C(=O)C(Cc1c[nH]c2cc(F)ccc12)NC(C)=O. The van der Waals surface area contributed by atoms with Crippen LogP contribution in [0.3, 0.4) is 0 Å². The maximum Gasteiger partial charge on any atom is 0.245 e. The Kier molecular flexibility index (Phi) is 5.92. The molecular weight excluding hydrogens is 313 g/mol. The lowest BCUT2D eigenvalue weighted by Gasteiger charge is -2.26. The maximum absolute atomic E-state index is 13.3. The molecule has 2 aromatic rings. The number of amides is 2. The normalized spacial score (nSPS) is 12.2. The van der Waals surface area contributed by atoms with Crippen molar-refractivity contribution >= 4 is 22.7 Å². The van der Waals surface area contributed by atoms with Crippen LogP contribution in [0.25, 0.3) is 10.9 Å². The van der Waals surface area contributed by atoms with Gasteiger partial charge in [-0.15, -0.1) is 0 Å². The average Bonchev–Trinajstić information content (AvgIpc) is 2.93. The van der Waals surface area contributed by atoms with Crippen LogP contribution in [0.15, 0.2) is 24.4 Å². The van der Waals surface area contributed by atoms with Crippen molar-refractivity contribution in [3.63, 3.8) is 0 Å². The zero-order valence-corrected chi connectivity index (χ0v) is 13.8. The van der Waals surface area contributed by atoms with Crippen molar-refractivity contribution in [1.29, 1.82) is 0 Å². The first-order chi connectivity index (χ1) is 11.5. The lowest BCUT2D eigenvalue weighted by Crippen LogP contribution is -2.49. The average molecular weight is 335 g/mol. The van der Waals surface area contributed by atoms with Crippen LogP contribution in [-0.2, 0) is 16.0 Å². The molecule has 0 bridgehead atoms. The number of rotatable bonds is 7. The lowest BCUT2D eigenvalue weighted by molar-refractivity contribution is -0.136. The molecule has 0 spiro atoms. The molecule has 24 heavy (non-hydrogen) atoms. The molecule has 0 aliphatic carbocycles. The summed E-state index contributed by atoms with van der Waals surface area (Å²) < 4.78 is 13.3. The fourth-order valence-electron chi connectivity index (χ4n) is 2.76. The summed E-state index contributed by atoms with van der Waals surface area (Å²) in [5, 5.41) is 12.6. The second-order valence-corrected chi connectivity index (χ2v) is 5.60. The second kappa shape index (κ2) is 7.92. The number of nitrogens with zero attached hydrogens (tertiary/aromatic N) is 1. The third-order valence-corrected chi connectivity index (χ3v) is 3.89. The Balaban J connectivity index is 2.27. The topological polar surface area (TPSA) is 85.4 Å². The zero-order valence-electron chi connectivity index (χ0n) is 13.8. The van der Waals surface area contributed by atoms with Gasteiger partial charge in [-0.3, -0.25) is 9.59 Å². The van der Waals surface area contributed by atoms with Gasteiger partial charge in [0.2, 0.25) is 11.8 Å². The van der Waals surface area contributed by atoms with Crippen LogP contribution in [0.5, 0.6) is 0 Å². The smallest absolute Gasteiger partial charge is 0.245 e. The number of halogens is 1. The fourth-order valence-corrected chi connectivity index (χ4v) is 2.76. The summed E-state index contributed by atoms with van der Waals surface area (Å²) in [7, 11) is 0. The number of aromatic amines is 1. The highest BCUT2D eigenvalue weighted by molar-refractivity contribution is 5.89. The van der Waals surface area contributed by atoms with E-state index >= 15 is 0 Å². The van der Waals surface area contributed by atoms with E-state index in [4.69, 9.17) is 5.11 Å². The molecule has 0 fully saturated rings. The van der Waals surface area contributed by atoms with Gasteiger partial charge in [0.05, 0.1) is 6.61 Å². The van der Waals surface area contributed by atoms with E-state index in [1.54, 1.807) is 12.3 Å². The molecule has 2 amide bonds. The zero-order chi connectivity index (χ0) is 17.7. The van der Waals surface area contributed by atoms with Crippen LogP contribution in [0.2, 0.25) is 0 Å². The molecule has 1 aromatic heterocycles. The molecular formula is C17H22FN3O3. The summed E-state index contributed by atoms with van der Waals surface area (Å²) in [5.41, 5.74) is 1.46. The van der Waals surface area contributed by atoms with Crippen molar-refractivity contribution in [2.75, 3.05) is 19.7 Å². The third-order valence-electron chi connectivity index (χ3n) is 3.89. The number of aliphatic hydroxyl groups excluding tert-OH is 1. The van der Waals surface area contributed by atoms with Gasteiger partial charge in [-0.1, -0.05) is 0 Å². The molecule has 3 N–H and O–H groups in total. The number of benzene rings is 1. The van der Waals surface area contributed by atoms with Crippen molar-refractivity contribution in [2.45, 2.75) is 26.3 Å². The first kappa shape index (κ1) is 17.9. The predicted octanol–water partition coefficient (Wildman–Crippen LogP) is 1.19. The van der Waals surface area contributed by atoms with Gasteiger partial charge in [0.15, 0.2) is 0 Å². The number of aliphatic hydroxyl groups is 1. The lowest BCUT2D eigenvalue weighted by atomic mass is 10.0. The van der Waals surface area contributed by atoms with Crippen LogP contribution in [-0.4, -0.2) is 52.5 Å². The van der Waals surface area contributed by atoms with Gasteiger partial charge in [-0.05, 0) is 30.7 Å². The van der Waals surface area contributed by atoms with Crippen molar-refractivity contribution in [3.05, 3.63) is 35.8 Å². The molecule has 0 radical (unpaired) electrons. The number of fused-ring (bicyclic) bond motifs is 1. The Morgan fingerprint density at radius 2 is 2.17 bits per heavy atom. The highest BCUT2D eigenvalue weighted by Gasteiger charge is 2.25. The van der Waals surface area contributed by atoms with Crippen LogP contribution in [0.1, 0.15) is 19.4 Å². The molecule has 7 heteroatoms. The van der Waals surface area contributed by atoms with Crippen LogP contribution < -0.4 is 5.32 Å². The monoisotopic (exact) mass is 335 g/mol. The minimum absolute atomic E-state index is 0.140. The van der Waals surface area contributed by atoms with E-state index in [0.29, 0.717) is 12.1 Å². The quantitative estimate of drug-likeness (QED) is 0.711. The Morgan fingerprint density at radius 3 is 2.79 bits per heavy atom. The Morgan fingerprint density at radius 1 is 1.42 bits per heavy atom. The van der Waals surface area contributed by atoms with E-state index in [0.717, 1.165) is 10.9 Å². The summed E-state index contributed by atoms with van der Waals surface area (Å²) >= 11 is 0. The van der Waals surface area contributed by atoms with Crippen molar-refractivity contribution in [3.8, 4) is 0 Å². The molecule has 1 unspecified atom stereocenters. The van der Waals surface area contributed by atoms with Gasteiger partial charge in [0.1, 0.15) is 11.9 Å². The highest BCUT2D eigenvalue weighted by atomic mass is 19.1. The number of likely N-dealkylation sites (N-methyl/N-ethyl adjacent to an activating group) is 1. The molecule has 0 aliphatic heterocycles. The number of hydrogen-bond acceptors (Lipinski definition) is 3. The Labute approximate surface area is 139 Å². The summed E-state index contributed by atoms with van der Waals surface area (Å²) in [6.07, 6.45) is 2.00. The van der Waals surface area contributed by atoms with Crippen molar-refractivity contribution < 1.29 is 19.1 Å². The van der Waals surface area contributed by atoms with Crippen LogP contribution in [0.4, 0.5) is 4.39 Å². The molecule has 6 nitrogen and oxygen atoms in total. The van der Waals surface area contributed by atoms with Gasteiger partial charge >= 0.3 is 0 Å². The molecule has 1 heterocycles. The van der Waals surface area contributed by atoms with Gasteiger partial charge in [0, 0.05) is 43.5 Å². The number of nitrogens with one attached hydrogen (secondary N) is 2. The van der Waals surface area contributed by atoms with Crippen molar-refractivity contribution in [1.82, 2.24) is 15.2 Å². The summed E-state index contributed by atoms with van der Waals surface area (Å²) in [6, 6.07) is 3.66. The van der Waals surface area contributed by atoms with Crippen LogP contribution in [0, 0.1) is 5.82 Å². The Hall–Kier alpha value is -2.41. The van der Waals surface area contributed by atoms with E-state index in [1.165, 1.54) is 24.0 Å². The van der Waals surface area contributed by atoms with E-state index in [9.17, 15) is 14.0 Å². The number of carbonyl (C=O) groups is 2. The number of hydrogen-bond donors (Lipinski definition) is 3. The molecule has 0 saturated heterocycles. The number of carbonyl (C=O) groups excluding carboxylic acids is 2. The molecule has 0 saturated carbocycles. The second-order valence-electron chi connectivity index (χ2n) is 5.60. The fraction of sp³-hybridized carbons (Fsp3) is 0.412. The number of aromatic nitrogens is 1. The van der Waals surface area contributed by atoms with Gasteiger partial charge in [-0.25, -0.2) is 4.39 Å². The summed E-state index contributed by atoms with van der Waals surface area (Å²) in [5.74, 6) is -0.900. The molecule has 0 aliphatic rings. The minimum Gasteiger partial charge on any atom is -0.395 e. The predicted molar refractivity (Wildman–Crippen MR) is 88.9 cm³/mol. The van der Waals surface area contributed by atoms with E-state index < -0.39 is 6.04 Å². The van der Waals surface area contributed by atoms with Gasteiger partial charge in [-0.2, -0.15) is 0 Å². The standard InChI is InChI=1S/C17H22FN3O3/c1-3-21(6-7-22)17(24)16(20-11(2)23)8-12-10-19-15-9-13(18)4-5-14(12)15/h4-5,9-10,16,19,22H,3,6-8H2,1-2H3,(H,20,23). The largest absolute Gasteiger partial charge is 0.395 e. The van der Waals surface area contributed by atoms with E-state index in [-0.39, 0.29) is 37.2 Å². The highest BCUT2D eigenvalue weighted by Crippen LogP contribution is 2.21. The summed E-state index contributed by atoms with van der Waals surface area (Å²) in [4.78, 5) is 28.6. The maximum atomic E-state index is 13.3. The van der Waals surface area contributed by atoms with E-state index in [1.807, 2.05) is 6.92 Å². The van der Waals surface area contributed by atoms with Crippen molar-refractivity contribution in [2.24, 2.45) is 0 Å². The van der Waals surface area contributed by atoms with Crippen LogP contribution >= 0.6 is 0 Å².